The van der Waals surface area contributed by atoms with Crippen LogP contribution in [0.25, 0.3) is 0 Å². The Morgan fingerprint density at radius 2 is 1.54 bits per heavy atom. The predicted octanol–water partition coefficient (Wildman–Crippen LogP) is 3.62. The Morgan fingerprint density at radius 1 is 0.892 bits per heavy atom. The number of carbonyl (C=O) groups excluding carboxylic acids is 1. The minimum atomic E-state index is -3.85. The van der Waals surface area contributed by atoms with E-state index in [1.54, 1.807) is 42.5 Å². The molecule has 0 aromatic heterocycles. The third kappa shape index (κ3) is 6.80. The van der Waals surface area contributed by atoms with Gasteiger partial charge in [0, 0.05) is 25.3 Å². The van der Waals surface area contributed by atoms with E-state index in [1.165, 1.54) is 34.6 Å². The summed E-state index contributed by atoms with van der Waals surface area (Å²) in [6.07, 6.45) is 1.73. The van der Waals surface area contributed by atoms with E-state index in [0.29, 0.717) is 18.8 Å². The van der Waals surface area contributed by atoms with Crippen molar-refractivity contribution in [2.24, 2.45) is 0 Å². The van der Waals surface area contributed by atoms with Gasteiger partial charge >= 0.3 is 0 Å². The van der Waals surface area contributed by atoms with Crippen LogP contribution in [0.5, 0.6) is 5.75 Å². The Kier molecular flexibility index (Phi) is 8.38. The van der Waals surface area contributed by atoms with Crippen LogP contribution < -0.4 is 14.8 Å². The lowest BCUT2D eigenvalue weighted by atomic mass is 10.2. The molecule has 0 radical (unpaired) electrons. The fourth-order valence-electron chi connectivity index (χ4n) is 3.74. The highest BCUT2D eigenvalue weighted by molar-refractivity contribution is 7.92. The Labute approximate surface area is 221 Å². The molecule has 37 heavy (non-hydrogen) atoms. The van der Waals surface area contributed by atoms with Gasteiger partial charge in [0.15, 0.2) is 6.61 Å². The van der Waals surface area contributed by atoms with Crippen molar-refractivity contribution in [2.75, 3.05) is 24.4 Å². The molecule has 12 heteroatoms. The molecule has 1 fully saturated rings. The highest BCUT2D eigenvalue weighted by Crippen LogP contribution is 2.28. The van der Waals surface area contributed by atoms with Gasteiger partial charge in [-0.15, -0.1) is 0 Å². The van der Waals surface area contributed by atoms with Crippen LogP contribution in [0, 0.1) is 0 Å². The molecular weight excluding hydrogens is 538 g/mol. The average molecular weight is 564 g/mol. The van der Waals surface area contributed by atoms with E-state index in [2.05, 4.69) is 10.0 Å². The molecule has 196 valence electrons. The minimum absolute atomic E-state index is 0.0403. The lowest BCUT2D eigenvalue weighted by molar-refractivity contribution is -0.123. The first kappa shape index (κ1) is 26.9. The first-order chi connectivity index (χ1) is 17.6. The van der Waals surface area contributed by atoms with Gasteiger partial charge in [0.25, 0.3) is 15.9 Å². The summed E-state index contributed by atoms with van der Waals surface area (Å²) in [6, 6.07) is 18.8. The lowest BCUT2D eigenvalue weighted by Crippen LogP contribution is -2.29. The maximum atomic E-state index is 12.6. The number of hydrogen-bond acceptors (Lipinski definition) is 6. The van der Waals surface area contributed by atoms with Crippen LogP contribution in [0.4, 0.5) is 5.69 Å². The predicted molar refractivity (Wildman–Crippen MR) is 140 cm³/mol. The van der Waals surface area contributed by atoms with Crippen molar-refractivity contribution in [1.82, 2.24) is 9.62 Å². The summed E-state index contributed by atoms with van der Waals surface area (Å²) >= 11 is 6.19. The van der Waals surface area contributed by atoms with Crippen LogP contribution in [0.15, 0.2) is 82.6 Å². The first-order valence-corrected chi connectivity index (χ1v) is 14.8. The van der Waals surface area contributed by atoms with Gasteiger partial charge in [-0.3, -0.25) is 9.52 Å². The number of ether oxygens (including phenoxy) is 1. The molecule has 9 nitrogen and oxygen atoms in total. The van der Waals surface area contributed by atoms with Crippen molar-refractivity contribution in [1.29, 1.82) is 0 Å². The standard InChI is InChI=1S/C25H26ClN3O6S2/c26-23-16-22(36(31,32)28-20-6-2-1-3-7-20)12-13-24(23)35-18-25(30)27-17-19-8-10-21(11-9-19)37(33,34)29-14-4-5-15-29/h1-3,6-13,16,28H,4-5,14-15,17-18H2,(H,27,30). The monoisotopic (exact) mass is 563 g/mol. The van der Waals surface area contributed by atoms with Gasteiger partial charge in [-0.05, 0) is 60.9 Å². The van der Waals surface area contributed by atoms with Gasteiger partial charge in [0.05, 0.1) is 14.8 Å². The van der Waals surface area contributed by atoms with Gasteiger partial charge < -0.3 is 10.1 Å². The van der Waals surface area contributed by atoms with E-state index >= 15 is 0 Å². The van der Waals surface area contributed by atoms with Crippen LogP contribution in [-0.2, 0) is 31.4 Å². The second kappa shape index (κ2) is 11.5. The highest BCUT2D eigenvalue weighted by atomic mass is 35.5. The number of anilines is 1. The lowest BCUT2D eigenvalue weighted by Gasteiger charge is -2.15. The van der Waals surface area contributed by atoms with E-state index in [1.807, 2.05) is 0 Å². The third-order valence-electron chi connectivity index (χ3n) is 5.71. The van der Waals surface area contributed by atoms with Gasteiger partial charge in [0.2, 0.25) is 10.0 Å². The molecule has 3 aromatic carbocycles. The largest absolute Gasteiger partial charge is 0.482 e. The number of benzene rings is 3. The van der Waals surface area contributed by atoms with E-state index < -0.39 is 26.0 Å². The second-order valence-corrected chi connectivity index (χ2v) is 12.4. The molecule has 0 bridgehead atoms. The van der Waals surface area contributed by atoms with E-state index in [9.17, 15) is 21.6 Å². The molecule has 0 atom stereocenters. The maximum absolute atomic E-state index is 12.6. The molecular formula is C25H26ClN3O6S2. The smallest absolute Gasteiger partial charge is 0.261 e. The van der Waals surface area contributed by atoms with Crippen molar-refractivity contribution in [2.45, 2.75) is 29.2 Å². The number of hydrogen-bond donors (Lipinski definition) is 2. The number of para-hydroxylation sites is 1. The van der Waals surface area contributed by atoms with Crippen molar-refractivity contribution in [3.8, 4) is 5.75 Å². The van der Waals surface area contributed by atoms with Crippen molar-refractivity contribution >= 4 is 43.2 Å². The Bertz CT molecular complexity index is 1460. The topological polar surface area (TPSA) is 122 Å². The van der Waals surface area contributed by atoms with Crippen LogP contribution in [0.1, 0.15) is 18.4 Å². The first-order valence-electron chi connectivity index (χ1n) is 11.5. The number of rotatable bonds is 10. The third-order valence-corrected chi connectivity index (χ3v) is 9.30. The molecule has 2 N–H and O–H groups in total. The molecule has 1 heterocycles. The van der Waals surface area contributed by atoms with E-state index in [0.717, 1.165) is 18.4 Å². The minimum Gasteiger partial charge on any atom is -0.482 e. The zero-order chi connectivity index (χ0) is 26.5. The Morgan fingerprint density at radius 3 is 2.19 bits per heavy atom. The van der Waals surface area contributed by atoms with Crippen molar-refractivity contribution in [3.63, 3.8) is 0 Å². The van der Waals surface area contributed by atoms with Gasteiger partial charge in [-0.25, -0.2) is 16.8 Å². The van der Waals surface area contributed by atoms with Gasteiger partial charge in [-0.2, -0.15) is 4.31 Å². The number of amides is 1. The molecule has 1 saturated heterocycles. The highest BCUT2D eigenvalue weighted by Gasteiger charge is 2.26. The van der Waals surface area contributed by atoms with Gasteiger partial charge in [-0.1, -0.05) is 41.9 Å². The summed E-state index contributed by atoms with van der Waals surface area (Å²) in [4.78, 5) is 12.4. The van der Waals surface area contributed by atoms with Crippen LogP contribution in [0.2, 0.25) is 5.02 Å². The number of sulfonamides is 2. The van der Waals surface area contributed by atoms with E-state index in [4.69, 9.17) is 16.3 Å². The summed E-state index contributed by atoms with van der Waals surface area (Å²) in [5.41, 5.74) is 1.14. The quantitative estimate of drug-likeness (QED) is 0.388. The summed E-state index contributed by atoms with van der Waals surface area (Å²) in [7, 11) is -7.34. The van der Waals surface area contributed by atoms with E-state index in [-0.39, 0.29) is 33.7 Å². The number of halogens is 1. The summed E-state index contributed by atoms with van der Waals surface area (Å²) in [6.45, 7) is 0.915. The molecule has 0 aliphatic carbocycles. The zero-order valence-electron chi connectivity index (χ0n) is 19.8. The molecule has 0 unspecified atom stereocenters. The summed E-state index contributed by atoms with van der Waals surface area (Å²) in [5.74, 6) is -0.265. The Balaban J connectivity index is 1.29. The van der Waals surface area contributed by atoms with Crippen LogP contribution >= 0.6 is 11.6 Å². The summed E-state index contributed by atoms with van der Waals surface area (Å²) in [5, 5.41) is 2.73. The molecule has 1 amide bonds. The molecule has 0 saturated carbocycles. The summed E-state index contributed by atoms with van der Waals surface area (Å²) < 4.78 is 59.8. The number of carbonyl (C=O) groups is 1. The molecule has 3 aromatic rings. The SMILES string of the molecule is O=C(COc1ccc(S(=O)(=O)Nc2ccccc2)cc1Cl)NCc1ccc(S(=O)(=O)N2CCCC2)cc1. The number of nitrogens with one attached hydrogen (secondary N) is 2. The number of nitrogens with zero attached hydrogens (tertiary/aromatic N) is 1. The molecule has 1 aliphatic rings. The molecule has 0 spiro atoms. The fraction of sp³-hybridized carbons (Fsp3) is 0.240. The molecule has 1 aliphatic heterocycles. The van der Waals surface area contributed by atoms with Gasteiger partial charge in [0.1, 0.15) is 5.75 Å². The molecule has 4 rings (SSSR count). The maximum Gasteiger partial charge on any atom is 0.261 e. The average Bonchev–Trinajstić information content (AvgIpc) is 3.43. The normalized spacial score (nSPS) is 14.3. The van der Waals surface area contributed by atoms with Crippen molar-refractivity contribution in [3.05, 3.63) is 83.4 Å². The van der Waals surface area contributed by atoms with Crippen LogP contribution in [0.3, 0.4) is 0 Å². The van der Waals surface area contributed by atoms with Crippen molar-refractivity contribution < 1.29 is 26.4 Å². The van der Waals surface area contributed by atoms with Crippen LogP contribution in [-0.4, -0.2) is 46.7 Å². The second-order valence-electron chi connectivity index (χ2n) is 8.38. The fourth-order valence-corrected chi connectivity index (χ4v) is 6.64. The zero-order valence-corrected chi connectivity index (χ0v) is 22.2. The Hall–Kier alpha value is -3.12.